The zero-order valence-electron chi connectivity index (χ0n) is 20.6. The van der Waals surface area contributed by atoms with Gasteiger partial charge in [0.1, 0.15) is 17.5 Å². The summed E-state index contributed by atoms with van der Waals surface area (Å²) in [5.41, 5.74) is 2.53. The first kappa shape index (κ1) is 26.4. The van der Waals surface area contributed by atoms with Crippen LogP contribution in [-0.4, -0.2) is 10.7 Å². The van der Waals surface area contributed by atoms with Crippen molar-refractivity contribution in [3.63, 3.8) is 0 Å². The standard InChI is InChI=1S/C31H23ClF3N3O/c32-24-12-9-21(10-13-24)19-38-20-28(27-14-11-22(17-36)16-29(27)38)30(31(33,34)35)37-18-23-5-4-8-26(15-23)39-25-6-2-1-3-7-25/h1-16,20,30,37H,18-19H2. The van der Waals surface area contributed by atoms with E-state index >= 15 is 0 Å². The Morgan fingerprint density at radius 3 is 2.33 bits per heavy atom. The first-order chi connectivity index (χ1) is 18.8. The summed E-state index contributed by atoms with van der Waals surface area (Å²) >= 11 is 6.00. The summed E-state index contributed by atoms with van der Waals surface area (Å²) in [5, 5.41) is 13.1. The fourth-order valence-corrected chi connectivity index (χ4v) is 4.63. The van der Waals surface area contributed by atoms with Crippen molar-refractivity contribution < 1.29 is 17.9 Å². The average Bonchev–Trinajstić information content (AvgIpc) is 3.27. The van der Waals surface area contributed by atoms with Crippen molar-refractivity contribution in [2.75, 3.05) is 0 Å². The lowest BCUT2D eigenvalue weighted by Gasteiger charge is -2.22. The highest BCUT2D eigenvalue weighted by Crippen LogP contribution is 2.38. The predicted octanol–water partition coefficient (Wildman–Crippen LogP) is 8.40. The fraction of sp³-hybridized carbons (Fsp3) is 0.129. The van der Waals surface area contributed by atoms with Crippen LogP contribution in [0.3, 0.4) is 0 Å². The van der Waals surface area contributed by atoms with Gasteiger partial charge in [-0.15, -0.1) is 0 Å². The largest absolute Gasteiger partial charge is 0.457 e. The van der Waals surface area contributed by atoms with Gasteiger partial charge in [-0.1, -0.05) is 60.1 Å². The summed E-state index contributed by atoms with van der Waals surface area (Å²) in [6.07, 6.45) is -3.05. The monoisotopic (exact) mass is 545 g/mol. The molecule has 5 rings (SSSR count). The Morgan fingerprint density at radius 1 is 0.872 bits per heavy atom. The van der Waals surface area contributed by atoms with Gasteiger partial charge in [0.2, 0.25) is 0 Å². The second-order valence-electron chi connectivity index (χ2n) is 9.10. The third-order valence-electron chi connectivity index (χ3n) is 6.33. The minimum Gasteiger partial charge on any atom is -0.457 e. The number of benzene rings is 4. The van der Waals surface area contributed by atoms with Crippen LogP contribution in [0, 0.1) is 11.3 Å². The Kier molecular flexibility index (Phi) is 7.60. The quantitative estimate of drug-likeness (QED) is 0.213. The van der Waals surface area contributed by atoms with Gasteiger partial charge in [0, 0.05) is 40.8 Å². The van der Waals surface area contributed by atoms with E-state index in [9.17, 15) is 18.4 Å². The molecule has 0 aliphatic rings. The molecule has 0 aliphatic carbocycles. The topological polar surface area (TPSA) is 50.0 Å². The number of rotatable bonds is 8. The molecule has 0 spiro atoms. The normalized spacial score (nSPS) is 12.3. The second-order valence-corrected chi connectivity index (χ2v) is 9.54. The summed E-state index contributed by atoms with van der Waals surface area (Å²) < 4.78 is 51.0. The van der Waals surface area contributed by atoms with E-state index in [0.717, 1.165) is 5.56 Å². The summed E-state index contributed by atoms with van der Waals surface area (Å²) in [6.45, 7) is 0.294. The van der Waals surface area contributed by atoms with Gasteiger partial charge in [-0.25, -0.2) is 0 Å². The molecule has 1 unspecified atom stereocenters. The van der Waals surface area contributed by atoms with E-state index in [-0.39, 0.29) is 12.1 Å². The molecule has 0 saturated heterocycles. The maximum atomic E-state index is 14.5. The van der Waals surface area contributed by atoms with Gasteiger partial charge in [0.15, 0.2) is 0 Å². The molecular formula is C31H23ClF3N3O. The van der Waals surface area contributed by atoms with Crippen molar-refractivity contribution in [2.24, 2.45) is 0 Å². The molecule has 0 saturated carbocycles. The van der Waals surface area contributed by atoms with Crippen LogP contribution in [0.1, 0.15) is 28.3 Å². The van der Waals surface area contributed by atoms with Crippen LogP contribution >= 0.6 is 11.6 Å². The van der Waals surface area contributed by atoms with Crippen LogP contribution in [-0.2, 0) is 13.1 Å². The number of alkyl halides is 3. The van der Waals surface area contributed by atoms with Gasteiger partial charge in [0.05, 0.1) is 11.6 Å². The Balaban J connectivity index is 1.45. The van der Waals surface area contributed by atoms with Crippen molar-refractivity contribution in [3.8, 4) is 17.6 Å². The molecule has 0 bridgehead atoms. The molecule has 8 heteroatoms. The number of nitrogens with one attached hydrogen (secondary N) is 1. The number of ether oxygens (including phenoxy) is 1. The smallest absolute Gasteiger partial charge is 0.407 e. The number of nitriles is 1. The van der Waals surface area contributed by atoms with E-state index in [2.05, 4.69) is 11.4 Å². The van der Waals surface area contributed by atoms with Gasteiger partial charge < -0.3 is 9.30 Å². The fourth-order valence-electron chi connectivity index (χ4n) is 4.50. The van der Waals surface area contributed by atoms with Crippen molar-refractivity contribution in [1.82, 2.24) is 9.88 Å². The molecule has 5 aromatic rings. The van der Waals surface area contributed by atoms with Crippen molar-refractivity contribution >= 4 is 22.5 Å². The number of fused-ring (bicyclic) bond motifs is 1. The molecule has 1 heterocycles. The average molecular weight is 546 g/mol. The number of para-hydroxylation sites is 1. The maximum Gasteiger partial charge on any atom is 0.407 e. The Morgan fingerprint density at radius 2 is 1.62 bits per heavy atom. The molecule has 4 aromatic carbocycles. The van der Waals surface area contributed by atoms with Gasteiger partial charge >= 0.3 is 6.18 Å². The number of hydrogen-bond donors (Lipinski definition) is 1. The summed E-state index contributed by atoms with van der Waals surface area (Å²) in [5.74, 6) is 1.17. The van der Waals surface area contributed by atoms with Crippen LogP contribution in [0.5, 0.6) is 11.5 Å². The van der Waals surface area contributed by atoms with Crippen LogP contribution in [0.4, 0.5) is 13.2 Å². The lowest BCUT2D eigenvalue weighted by Crippen LogP contribution is -2.33. The molecule has 0 amide bonds. The first-order valence-electron chi connectivity index (χ1n) is 12.2. The van der Waals surface area contributed by atoms with E-state index in [4.69, 9.17) is 16.3 Å². The molecule has 0 aliphatic heterocycles. The third kappa shape index (κ3) is 6.26. The molecule has 0 fully saturated rings. The summed E-state index contributed by atoms with van der Waals surface area (Å²) in [4.78, 5) is 0. The molecule has 1 aromatic heterocycles. The third-order valence-corrected chi connectivity index (χ3v) is 6.59. The van der Waals surface area contributed by atoms with Crippen molar-refractivity contribution in [1.29, 1.82) is 5.26 Å². The van der Waals surface area contributed by atoms with E-state index in [1.807, 2.05) is 42.5 Å². The highest BCUT2D eigenvalue weighted by atomic mass is 35.5. The first-order valence-corrected chi connectivity index (χ1v) is 12.6. The Hall–Kier alpha value is -4.25. The second kappa shape index (κ2) is 11.2. The molecule has 1 atom stereocenters. The number of hydrogen-bond acceptors (Lipinski definition) is 3. The minimum absolute atomic E-state index is 0.0314. The molecule has 0 radical (unpaired) electrons. The van der Waals surface area contributed by atoms with E-state index in [1.165, 1.54) is 12.3 Å². The molecule has 1 N–H and O–H groups in total. The van der Waals surface area contributed by atoms with Crippen molar-refractivity contribution in [3.05, 3.63) is 131 Å². The molecular weight excluding hydrogens is 523 g/mol. The zero-order chi connectivity index (χ0) is 27.4. The maximum absolute atomic E-state index is 14.5. The zero-order valence-corrected chi connectivity index (χ0v) is 21.4. The van der Waals surface area contributed by atoms with Crippen LogP contribution < -0.4 is 10.1 Å². The lowest BCUT2D eigenvalue weighted by molar-refractivity contribution is -0.157. The van der Waals surface area contributed by atoms with Crippen LogP contribution in [0.25, 0.3) is 10.9 Å². The predicted molar refractivity (Wildman–Crippen MR) is 146 cm³/mol. The van der Waals surface area contributed by atoms with E-state index in [0.29, 0.717) is 45.1 Å². The summed E-state index contributed by atoms with van der Waals surface area (Å²) in [7, 11) is 0. The highest BCUT2D eigenvalue weighted by molar-refractivity contribution is 6.30. The lowest BCUT2D eigenvalue weighted by atomic mass is 10.0. The van der Waals surface area contributed by atoms with Crippen LogP contribution in [0.2, 0.25) is 5.02 Å². The van der Waals surface area contributed by atoms with Gasteiger partial charge in [-0.05, 0) is 59.7 Å². The van der Waals surface area contributed by atoms with E-state index in [1.54, 1.807) is 53.1 Å². The molecule has 39 heavy (non-hydrogen) atoms. The highest BCUT2D eigenvalue weighted by Gasteiger charge is 2.42. The number of halogens is 4. The molecule has 196 valence electrons. The van der Waals surface area contributed by atoms with E-state index < -0.39 is 12.2 Å². The minimum atomic E-state index is -4.56. The SMILES string of the molecule is N#Cc1ccc2c(C(NCc3cccc(Oc4ccccc4)c3)C(F)(F)F)cn(Cc3ccc(Cl)cc3)c2c1. The number of nitrogens with zero attached hydrogens (tertiary/aromatic N) is 2. The summed E-state index contributed by atoms with van der Waals surface area (Å²) in [6, 6.07) is 28.2. The van der Waals surface area contributed by atoms with Crippen molar-refractivity contribution in [2.45, 2.75) is 25.3 Å². The van der Waals surface area contributed by atoms with Gasteiger partial charge in [-0.3, -0.25) is 5.32 Å². The number of aromatic nitrogens is 1. The Bertz CT molecular complexity index is 1620. The van der Waals surface area contributed by atoms with Gasteiger partial charge in [0.25, 0.3) is 0 Å². The van der Waals surface area contributed by atoms with Crippen LogP contribution in [0.15, 0.2) is 103 Å². The Labute approximate surface area is 228 Å². The van der Waals surface area contributed by atoms with Gasteiger partial charge in [-0.2, -0.15) is 18.4 Å². The molecule has 4 nitrogen and oxygen atoms in total.